The summed E-state index contributed by atoms with van der Waals surface area (Å²) in [6.07, 6.45) is 19.0. The zero-order chi connectivity index (χ0) is 21.4. The molecular formula is C27H40O3. The molecule has 1 N–H and O–H groups in total. The molecule has 9 atom stereocenters. The smallest absolute Gasteiger partial charge is 0.147 e. The van der Waals surface area contributed by atoms with Crippen molar-refractivity contribution in [2.75, 3.05) is 0 Å². The van der Waals surface area contributed by atoms with Gasteiger partial charge in [-0.15, -0.1) is 0 Å². The van der Waals surface area contributed by atoms with Crippen LogP contribution in [0.1, 0.15) is 79.6 Å². The summed E-state index contributed by atoms with van der Waals surface area (Å²) in [5.74, 6) is 2.35. The molecule has 4 aliphatic carbocycles. The van der Waals surface area contributed by atoms with E-state index in [0.29, 0.717) is 30.1 Å². The van der Waals surface area contributed by atoms with Crippen molar-refractivity contribution in [1.82, 2.24) is 0 Å². The van der Waals surface area contributed by atoms with Gasteiger partial charge in [-0.3, -0.25) is 0 Å². The summed E-state index contributed by atoms with van der Waals surface area (Å²) in [6, 6.07) is 0. The molecule has 3 fully saturated rings. The number of aliphatic hydroxyl groups excluding tert-OH is 1. The van der Waals surface area contributed by atoms with Crippen LogP contribution in [0.15, 0.2) is 36.0 Å². The van der Waals surface area contributed by atoms with Gasteiger partial charge in [0.2, 0.25) is 0 Å². The predicted octanol–water partition coefficient (Wildman–Crippen LogP) is 6.15. The summed E-state index contributed by atoms with van der Waals surface area (Å²) >= 11 is 0. The van der Waals surface area contributed by atoms with Crippen LogP contribution in [0.3, 0.4) is 0 Å². The molecule has 0 aromatic rings. The largest absolute Gasteiger partial charge is 0.393 e. The molecule has 0 aromatic carbocycles. The van der Waals surface area contributed by atoms with Crippen LogP contribution >= 0.6 is 0 Å². The van der Waals surface area contributed by atoms with E-state index < -0.39 is 11.2 Å². The van der Waals surface area contributed by atoms with E-state index in [0.717, 1.165) is 19.3 Å². The van der Waals surface area contributed by atoms with E-state index in [1.165, 1.54) is 24.8 Å². The summed E-state index contributed by atoms with van der Waals surface area (Å²) in [5, 5.41) is 10.4. The first-order chi connectivity index (χ1) is 14.2. The zero-order valence-corrected chi connectivity index (χ0v) is 19.5. The molecule has 0 aromatic heterocycles. The number of hydrogen-bond acceptors (Lipinski definition) is 3. The van der Waals surface area contributed by atoms with Gasteiger partial charge in [-0.25, -0.2) is 9.78 Å². The first-order valence-corrected chi connectivity index (χ1v) is 12.4. The van der Waals surface area contributed by atoms with E-state index in [9.17, 15) is 5.11 Å². The van der Waals surface area contributed by atoms with E-state index >= 15 is 0 Å². The molecule has 9 unspecified atom stereocenters. The molecule has 2 heterocycles. The first-order valence-electron chi connectivity index (χ1n) is 12.4. The van der Waals surface area contributed by atoms with Crippen LogP contribution in [0.25, 0.3) is 0 Å². The standard InChI is InChI=1S/C27H40O3/c1-6-18(2)7-8-19(3)21-9-10-22-24(21,4)13-12-23-25(5)14-11-20(28)17-26(25)15-16-27(22,23)30-29-26/h7-8,12,15-16,18-22,28H,6,9-11,13-14,17H2,1-5H3. The molecule has 30 heavy (non-hydrogen) atoms. The van der Waals surface area contributed by atoms with E-state index in [1.54, 1.807) is 0 Å². The fraction of sp³-hybridized carbons (Fsp3) is 0.778. The molecular weight excluding hydrogens is 372 g/mol. The van der Waals surface area contributed by atoms with Crippen LogP contribution in [0.4, 0.5) is 0 Å². The Balaban J connectivity index is 1.50. The SMILES string of the molecule is CCC(C)C=CC(C)C1CCC2C34C=CC5(CC(O)CCC5(C)C3=CCC12C)OO4. The van der Waals surface area contributed by atoms with Crippen molar-refractivity contribution in [3.05, 3.63) is 36.0 Å². The van der Waals surface area contributed by atoms with Crippen LogP contribution < -0.4 is 0 Å². The Bertz CT molecular complexity index is 798. The van der Waals surface area contributed by atoms with Crippen molar-refractivity contribution < 1.29 is 14.9 Å². The highest BCUT2D eigenvalue weighted by molar-refractivity contribution is 5.48. The molecule has 3 heteroatoms. The summed E-state index contributed by atoms with van der Waals surface area (Å²) in [5.41, 5.74) is 0.678. The lowest BCUT2D eigenvalue weighted by Crippen LogP contribution is -2.69. The van der Waals surface area contributed by atoms with Gasteiger partial charge in [0, 0.05) is 17.8 Å². The van der Waals surface area contributed by atoms with Crippen molar-refractivity contribution in [1.29, 1.82) is 0 Å². The van der Waals surface area contributed by atoms with Gasteiger partial charge in [-0.2, -0.15) is 0 Å². The number of rotatable bonds is 4. The van der Waals surface area contributed by atoms with E-state index in [4.69, 9.17) is 9.78 Å². The van der Waals surface area contributed by atoms with E-state index in [1.807, 2.05) is 0 Å². The lowest BCUT2D eigenvalue weighted by atomic mass is 9.47. The molecule has 2 saturated carbocycles. The Hall–Kier alpha value is -0.900. The third kappa shape index (κ3) is 2.55. The normalized spacial score (nSPS) is 51.3. The van der Waals surface area contributed by atoms with Gasteiger partial charge in [0.15, 0.2) is 0 Å². The third-order valence-electron chi connectivity index (χ3n) is 10.1. The fourth-order valence-electron chi connectivity index (χ4n) is 7.94. The van der Waals surface area contributed by atoms with Crippen molar-refractivity contribution >= 4 is 0 Å². The van der Waals surface area contributed by atoms with Gasteiger partial charge in [-0.05, 0) is 73.0 Å². The van der Waals surface area contributed by atoms with Crippen LogP contribution in [-0.2, 0) is 9.78 Å². The molecule has 6 rings (SSSR count). The van der Waals surface area contributed by atoms with Gasteiger partial charge in [-0.1, -0.05) is 59.3 Å². The molecule has 1 saturated heterocycles. The molecule has 2 spiro atoms. The highest BCUT2D eigenvalue weighted by atomic mass is 17.2. The number of fused-ring (bicyclic) bond motifs is 2. The van der Waals surface area contributed by atoms with Gasteiger partial charge in [0.05, 0.1) is 6.10 Å². The minimum atomic E-state index is -0.504. The Morgan fingerprint density at radius 2 is 1.93 bits per heavy atom. The first kappa shape index (κ1) is 21.0. The Morgan fingerprint density at radius 1 is 1.13 bits per heavy atom. The van der Waals surface area contributed by atoms with Crippen molar-refractivity contribution in [2.45, 2.75) is 96.9 Å². The lowest BCUT2D eigenvalue weighted by Gasteiger charge is -2.66. The van der Waals surface area contributed by atoms with Crippen LogP contribution in [-0.4, -0.2) is 22.4 Å². The number of hydrogen-bond donors (Lipinski definition) is 1. The zero-order valence-electron chi connectivity index (χ0n) is 19.5. The number of aliphatic hydroxyl groups is 1. The average Bonchev–Trinajstić information content (AvgIpc) is 3.09. The minimum Gasteiger partial charge on any atom is -0.393 e. The quantitative estimate of drug-likeness (QED) is 0.445. The Morgan fingerprint density at radius 3 is 2.63 bits per heavy atom. The molecule has 3 nitrogen and oxygen atoms in total. The molecule has 0 radical (unpaired) electrons. The highest BCUT2D eigenvalue weighted by Gasteiger charge is 2.71. The summed E-state index contributed by atoms with van der Waals surface area (Å²) < 4.78 is 0. The number of allylic oxidation sites excluding steroid dienone is 3. The Kier molecular flexibility index (Phi) is 4.75. The third-order valence-corrected chi connectivity index (χ3v) is 10.1. The summed E-state index contributed by atoms with van der Waals surface area (Å²) in [4.78, 5) is 12.6. The lowest BCUT2D eigenvalue weighted by molar-refractivity contribution is -0.455. The predicted molar refractivity (Wildman–Crippen MR) is 120 cm³/mol. The van der Waals surface area contributed by atoms with Gasteiger partial charge >= 0.3 is 0 Å². The minimum absolute atomic E-state index is 0.0687. The van der Waals surface area contributed by atoms with Gasteiger partial charge < -0.3 is 5.11 Å². The average molecular weight is 413 g/mol. The maximum atomic E-state index is 10.4. The fourth-order valence-corrected chi connectivity index (χ4v) is 7.94. The monoisotopic (exact) mass is 412 g/mol. The van der Waals surface area contributed by atoms with Crippen molar-refractivity contribution in [3.63, 3.8) is 0 Å². The van der Waals surface area contributed by atoms with E-state index in [2.05, 4.69) is 65.0 Å². The summed E-state index contributed by atoms with van der Waals surface area (Å²) in [7, 11) is 0. The summed E-state index contributed by atoms with van der Waals surface area (Å²) in [6.45, 7) is 11.9. The molecule has 6 aliphatic rings. The van der Waals surface area contributed by atoms with Crippen LogP contribution in [0.5, 0.6) is 0 Å². The van der Waals surface area contributed by atoms with Crippen molar-refractivity contribution in [2.24, 2.45) is 34.5 Å². The second kappa shape index (κ2) is 6.80. The second-order valence-electron chi connectivity index (χ2n) is 11.6. The molecule has 0 amide bonds. The maximum Gasteiger partial charge on any atom is 0.147 e. The van der Waals surface area contributed by atoms with Gasteiger partial charge in [0.25, 0.3) is 0 Å². The van der Waals surface area contributed by atoms with Crippen LogP contribution in [0, 0.1) is 34.5 Å². The highest BCUT2D eigenvalue weighted by Crippen LogP contribution is 2.71. The Labute approximate surface area is 182 Å². The van der Waals surface area contributed by atoms with Gasteiger partial charge in [0.1, 0.15) is 11.2 Å². The van der Waals surface area contributed by atoms with E-state index in [-0.39, 0.29) is 16.9 Å². The molecule has 2 bridgehead atoms. The second-order valence-corrected chi connectivity index (χ2v) is 11.6. The molecule has 2 aliphatic heterocycles. The topological polar surface area (TPSA) is 38.7 Å². The van der Waals surface area contributed by atoms with Crippen molar-refractivity contribution in [3.8, 4) is 0 Å². The maximum absolute atomic E-state index is 10.4. The van der Waals surface area contributed by atoms with Crippen LogP contribution in [0.2, 0.25) is 0 Å². The molecule has 166 valence electrons.